The van der Waals surface area contributed by atoms with Crippen molar-refractivity contribution in [3.63, 3.8) is 0 Å². The van der Waals surface area contributed by atoms with Crippen molar-refractivity contribution in [3.05, 3.63) is 72.6 Å². The number of imidazole rings is 2. The lowest BCUT2D eigenvalue weighted by atomic mass is 10.0. The van der Waals surface area contributed by atoms with Gasteiger partial charge in [0.1, 0.15) is 23.7 Å². The molecule has 4 aromatic rings. The van der Waals surface area contributed by atoms with Crippen LogP contribution in [0.15, 0.2) is 60.9 Å². The van der Waals surface area contributed by atoms with E-state index in [2.05, 4.69) is 20.6 Å². The molecule has 2 aromatic carbocycles. The van der Waals surface area contributed by atoms with Crippen molar-refractivity contribution < 1.29 is 57.3 Å². The summed E-state index contributed by atoms with van der Waals surface area (Å²) in [5.41, 5.74) is 3.68. The summed E-state index contributed by atoms with van der Waals surface area (Å²) >= 11 is 0. The monoisotopic (exact) mass is 938 g/mol. The number of benzene rings is 2. The second-order valence-electron chi connectivity index (χ2n) is 17.3. The Hall–Kier alpha value is -7.38. The van der Waals surface area contributed by atoms with Gasteiger partial charge in [0.05, 0.1) is 50.1 Å². The number of aromatic nitrogens is 4. The summed E-state index contributed by atoms with van der Waals surface area (Å²) in [5.74, 6) is -3.05. The topological polar surface area (TPSA) is 240 Å². The maximum Gasteiger partial charge on any atom is 0.407 e. The fourth-order valence-electron chi connectivity index (χ4n) is 8.61. The molecule has 0 spiro atoms. The van der Waals surface area contributed by atoms with Gasteiger partial charge in [0.25, 0.3) is 11.8 Å². The predicted molar refractivity (Wildman–Crippen MR) is 245 cm³/mol. The third-order valence-corrected chi connectivity index (χ3v) is 12.0. The molecule has 0 unspecified atom stereocenters. The first-order chi connectivity index (χ1) is 32.4. The molecule has 20 nitrogen and oxygen atoms in total. The van der Waals surface area contributed by atoms with Gasteiger partial charge in [0, 0.05) is 38.1 Å². The zero-order chi connectivity index (χ0) is 49.4. The Bertz CT molecular complexity index is 2360. The fourth-order valence-corrected chi connectivity index (χ4v) is 8.61. The lowest BCUT2D eigenvalue weighted by Gasteiger charge is -2.30. The quantitative estimate of drug-likeness (QED) is 0.109. The van der Waals surface area contributed by atoms with Gasteiger partial charge in [-0.2, -0.15) is 0 Å². The Morgan fingerprint density at radius 1 is 0.574 bits per heavy atom. The van der Waals surface area contributed by atoms with Gasteiger partial charge in [-0.3, -0.25) is 37.9 Å². The molecule has 2 fully saturated rings. The maximum absolute atomic E-state index is 13.9. The van der Waals surface area contributed by atoms with Crippen molar-refractivity contribution in [3.8, 4) is 33.6 Å². The van der Waals surface area contributed by atoms with Crippen LogP contribution in [0.2, 0.25) is 0 Å². The number of amides is 4. The second kappa shape index (κ2) is 21.9. The number of hydrogen-bond acceptors (Lipinski definition) is 14. The van der Waals surface area contributed by atoms with E-state index < -0.39 is 73.3 Å². The number of carbonyl (C=O) groups excluding carboxylic acids is 8. The number of nitrogens with zero attached hydrogens (tertiary/aromatic N) is 6. The first-order valence-electron chi connectivity index (χ1n) is 22.4. The van der Waals surface area contributed by atoms with Crippen molar-refractivity contribution in [1.29, 1.82) is 0 Å². The van der Waals surface area contributed by atoms with Gasteiger partial charge in [-0.25, -0.2) is 19.6 Å². The van der Waals surface area contributed by atoms with Gasteiger partial charge in [0.15, 0.2) is 13.2 Å². The van der Waals surface area contributed by atoms with E-state index in [4.69, 9.17) is 18.9 Å². The van der Waals surface area contributed by atoms with Crippen molar-refractivity contribution in [2.45, 2.75) is 91.4 Å². The van der Waals surface area contributed by atoms with Crippen LogP contribution >= 0.6 is 0 Å². The van der Waals surface area contributed by atoms with Crippen molar-refractivity contribution in [2.24, 2.45) is 11.8 Å². The Morgan fingerprint density at radius 2 is 0.912 bits per heavy atom. The summed E-state index contributed by atoms with van der Waals surface area (Å²) in [5, 5.41) is 5.26. The van der Waals surface area contributed by atoms with E-state index >= 15 is 0 Å². The normalized spacial score (nSPS) is 16.6. The molecule has 4 atom stereocenters. The molecule has 2 aliphatic heterocycles. The molecule has 6 rings (SSSR count). The van der Waals surface area contributed by atoms with E-state index in [1.807, 2.05) is 76.2 Å². The van der Waals surface area contributed by atoms with E-state index in [-0.39, 0.29) is 23.7 Å². The second-order valence-corrected chi connectivity index (χ2v) is 17.3. The van der Waals surface area contributed by atoms with E-state index in [9.17, 15) is 38.4 Å². The highest BCUT2D eigenvalue weighted by molar-refractivity contribution is 5.90. The fraction of sp³-hybridized carbons (Fsp3) is 0.458. The largest absolute Gasteiger partial charge is 0.456 e. The third-order valence-electron chi connectivity index (χ3n) is 12.0. The van der Waals surface area contributed by atoms with Gasteiger partial charge in [-0.05, 0) is 48.6 Å². The molecule has 2 aromatic heterocycles. The Balaban J connectivity index is 1.29. The van der Waals surface area contributed by atoms with Crippen LogP contribution in [-0.4, -0.2) is 129 Å². The molecule has 0 aliphatic carbocycles. The third kappa shape index (κ3) is 11.1. The summed E-state index contributed by atoms with van der Waals surface area (Å²) in [4.78, 5) is 116. The highest BCUT2D eigenvalue weighted by Gasteiger charge is 2.41. The van der Waals surface area contributed by atoms with Crippen LogP contribution in [0.3, 0.4) is 0 Å². The van der Waals surface area contributed by atoms with Crippen LogP contribution in [0.5, 0.6) is 0 Å². The van der Waals surface area contributed by atoms with E-state index in [0.29, 0.717) is 72.9 Å². The summed E-state index contributed by atoms with van der Waals surface area (Å²) in [6, 6.07) is 11.7. The highest BCUT2D eigenvalue weighted by Crippen LogP contribution is 2.37. The average molecular weight is 939 g/mol. The van der Waals surface area contributed by atoms with Crippen molar-refractivity contribution >= 4 is 47.8 Å². The molecule has 0 saturated carbocycles. The number of carbonyl (C=O) groups is 8. The molecule has 4 heterocycles. The van der Waals surface area contributed by atoms with Gasteiger partial charge in [-0.15, -0.1) is 0 Å². The minimum Gasteiger partial charge on any atom is -0.456 e. The number of ether oxygens (including phenoxy) is 4. The molecule has 0 bridgehead atoms. The molecule has 20 heteroatoms. The van der Waals surface area contributed by atoms with Gasteiger partial charge >= 0.3 is 24.1 Å². The molecule has 2 N–H and O–H groups in total. The molecule has 362 valence electrons. The van der Waals surface area contributed by atoms with Crippen molar-refractivity contribution in [1.82, 2.24) is 39.5 Å². The summed E-state index contributed by atoms with van der Waals surface area (Å²) in [6.07, 6.45) is 3.84. The predicted octanol–water partition coefficient (Wildman–Crippen LogP) is 5.58. The molecule has 0 radical (unpaired) electrons. The number of methoxy groups -OCH3 is 2. The summed E-state index contributed by atoms with van der Waals surface area (Å²) < 4.78 is 22.5. The minimum atomic E-state index is -0.888. The first-order valence-corrected chi connectivity index (χ1v) is 22.4. The van der Waals surface area contributed by atoms with Crippen molar-refractivity contribution in [2.75, 3.05) is 40.5 Å². The number of esters is 2. The molecular formula is C48H58N8O12. The van der Waals surface area contributed by atoms with Gasteiger partial charge < -0.3 is 39.4 Å². The van der Waals surface area contributed by atoms with Crippen LogP contribution in [0, 0.1) is 11.8 Å². The van der Waals surface area contributed by atoms with E-state index in [1.165, 1.54) is 37.2 Å². The van der Waals surface area contributed by atoms with Crippen LogP contribution in [0.1, 0.15) is 101 Å². The zero-order valence-corrected chi connectivity index (χ0v) is 39.5. The first kappa shape index (κ1) is 50.0. The van der Waals surface area contributed by atoms with Crippen LogP contribution < -0.4 is 10.6 Å². The smallest absolute Gasteiger partial charge is 0.407 e. The molecular weight excluding hydrogens is 881 g/mol. The molecule has 2 aliphatic rings. The minimum absolute atomic E-state index is 0.271. The lowest BCUT2D eigenvalue weighted by Crippen LogP contribution is -2.51. The summed E-state index contributed by atoms with van der Waals surface area (Å²) in [6.45, 7) is 9.25. The number of nitrogens with one attached hydrogen (secondary N) is 2. The van der Waals surface area contributed by atoms with E-state index in [0.717, 1.165) is 11.1 Å². The number of hydrogen-bond donors (Lipinski definition) is 2. The zero-order valence-electron chi connectivity index (χ0n) is 39.5. The highest BCUT2D eigenvalue weighted by atomic mass is 16.5. The number of rotatable bonds is 15. The number of alkyl carbamates (subject to hydrolysis) is 2. The average Bonchev–Trinajstić information content (AvgIpc) is 4.16. The molecule has 68 heavy (non-hydrogen) atoms. The van der Waals surface area contributed by atoms with E-state index in [1.54, 1.807) is 22.2 Å². The lowest BCUT2D eigenvalue weighted by molar-refractivity contribution is -0.140. The maximum atomic E-state index is 13.9. The SMILES string of the molecule is COC(=O)N[C@H](C(=O)N1CCC[C@@H]1c1ncc(-c2ccc(-c3ccc(-c4cnc([C@H]5CCCN5C(=O)[C@@H](NC(=O)OC)C(C)C)n4C(=O)COC(C)=O)cc3)cc2)n1C(=O)COC(C)=O)C(C)C. The Labute approximate surface area is 393 Å². The van der Waals surface area contributed by atoms with Crippen LogP contribution in [-0.2, 0) is 38.1 Å². The standard InChI is InChI=1S/C48H58N8O12/c1-27(2)41(51-47(63)65-7)45(61)53-21-9-11-35(53)43-49-23-37(55(43)39(59)25-67-29(5)57)33-17-13-31(14-18-33)32-15-19-34(20-16-32)38-24-50-44(56(38)40(60)26-68-30(6)58)36-12-10-22-54(36)46(62)42(28(3)4)52-48(64)66-8/h13-20,23-24,27-28,35-36,41-42H,9-12,21-22,25-26H2,1-8H3,(H,51,63)(H,52,64)/t35-,36-,41+,42+/m1/s1. The van der Waals surface area contributed by atoms with Crippen LogP contribution in [0.25, 0.3) is 33.6 Å². The van der Waals surface area contributed by atoms with Gasteiger partial charge in [0.2, 0.25) is 11.8 Å². The van der Waals surface area contributed by atoms with Crippen LogP contribution in [0.4, 0.5) is 9.59 Å². The molecule has 2 saturated heterocycles. The summed E-state index contributed by atoms with van der Waals surface area (Å²) in [7, 11) is 2.44. The Kier molecular flexibility index (Phi) is 16.1. The Morgan fingerprint density at radius 3 is 1.22 bits per heavy atom. The number of likely N-dealkylation sites (tertiary alicyclic amines) is 2. The van der Waals surface area contributed by atoms with Gasteiger partial charge in [-0.1, -0.05) is 76.2 Å². The molecule has 4 amide bonds.